The SMILES string of the molecule is CC[C@@H](COc1cc(C(=S)NO)on1)NC(=O)c1ccc2ccccc2c1. The van der Waals surface area contributed by atoms with Crippen molar-refractivity contribution in [2.24, 2.45) is 0 Å². The molecule has 0 aliphatic rings. The Balaban J connectivity index is 1.61. The Morgan fingerprint density at radius 2 is 2.04 bits per heavy atom. The Morgan fingerprint density at radius 1 is 1.26 bits per heavy atom. The van der Waals surface area contributed by atoms with Crippen LogP contribution in [0.5, 0.6) is 5.88 Å². The minimum atomic E-state index is -0.202. The number of hydrogen-bond donors (Lipinski definition) is 3. The summed E-state index contributed by atoms with van der Waals surface area (Å²) in [5, 5.41) is 17.5. The fourth-order valence-corrected chi connectivity index (χ4v) is 2.63. The van der Waals surface area contributed by atoms with Crippen molar-refractivity contribution < 1.29 is 19.3 Å². The Kier molecular flexibility index (Phi) is 6.00. The van der Waals surface area contributed by atoms with Crippen LogP contribution in [-0.2, 0) is 0 Å². The molecule has 7 nitrogen and oxygen atoms in total. The lowest BCUT2D eigenvalue weighted by molar-refractivity contribution is 0.0918. The van der Waals surface area contributed by atoms with Crippen LogP contribution < -0.4 is 15.5 Å². The molecule has 0 saturated carbocycles. The number of thiocarbonyl (C=S) groups is 1. The number of aromatic nitrogens is 1. The second-order valence-electron chi connectivity index (χ2n) is 5.92. The van der Waals surface area contributed by atoms with Crippen LogP contribution in [0, 0.1) is 0 Å². The predicted octanol–water partition coefficient (Wildman–Crippen LogP) is 3.07. The number of nitrogens with one attached hydrogen (secondary N) is 2. The van der Waals surface area contributed by atoms with Gasteiger partial charge in [0.2, 0.25) is 0 Å². The first kappa shape index (κ1) is 18.8. The minimum absolute atomic E-state index is 0.00833. The van der Waals surface area contributed by atoms with Crippen molar-refractivity contribution in [2.75, 3.05) is 6.61 Å². The first-order valence-corrected chi connectivity index (χ1v) is 8.85. The summed E-state index contributed by atoms with van der Waals surface area (Å²) in [5.41, 5.74) is 2.41. The van der Waals surface area contributed by atoms with Gasteiger partial charge in [0, 0.05) is 5.56 Å². The van der Waals surface area contributed by atoms with E-state index >= 15 is 0 Å². The summed E-state index contributed by atoms with van der Waals surface area (Å²) in [6.07, 6.45) is 0.681. The van der Waals surface area contributed by atoms with Crippen LogP contribution >= 0.6 is 12.2 Å². The molecule has 8 heteroatoms. The molecule has 0 aliphatic carbocycles. The van der Waals surface area contributed by atoms with E-state index in [-0.39, 0.29) is 35.2 Å². The van der Waals surface area contributed by atoms with Crippen LogP contribution in [0.15, 0.2) is 53.1 Å². The molecule has 1 aromatic heterocycles. The highest BCUT2D eigenvalue weighted by Gasteiger charge is 2.15. The second kappa shape index (κ2) is 8.61. The van der Waals surface area contributed by atoms with E-state index < -0.39 is 0 Å². The van der Waals surface area contributed by atoms with E-state index in [2.05, 4.69) is 10.5 Å². The number of nitrogens with zero attached hydrogens (tertiary/aromatic N) is 1. The molecular weight excluding hydrogens is 366 g/mol. The van der Waals surface area contributed by atoms with Gasteiger partial charge in [-0.05, 0) is 34.5 Å². The normalized spacial score (nSPS) is 11.8. The molecule has 27 heavy (non-hydrogen) atoms. The summed E-state index contributed by atoms with van der Waals surface area (Å²) in [4.78, 5) is 12.6. The average Bonchev–Trinajstić information content (AvgIpc) is 3.19. The van der Waals surface area contributed by atoms with Crippen molar-refractivity contribution in [3.05, 3.63) is 59.9 Å². The molecular formula is C19H19N3O4S. The summed E-state index contributed by atoms with van der Waals surface area (Å²) in [6.45, 7) is 2.18. The van der Waals surface area contributed by atoms with Gasteiger partial charge in [-0.2, -0.15) is 0 Å². The average molecular weight is 385 g/mol. The molecule has 0 radical (unpaired) electrons. The van der Waals surface area contributed by atoms with Gasteiger partial charge >= 0.3 is 0 Å². The van der Waals surface area contributed by atoms with E-state index in [1.807, 2.05) is 48.8 Å². The van der Waals surface area contributed by atoms with Gasteiger partial charge in [-0.15, -0.1) is 0 Å². The lowest BCUT2D eigenvalue weighted by atomic mass is 10.1. The maximum atomic E-state index is 12.5. The molecule has 1 heterocycles. The highest BCUT2D eigenvalue weighted by molar-refractivity contribution is 7.80. The smallest absolute Gasteiger partial charge is 0.254 e. The zero-order valence-electron chi connectivity index (χ0n) is 14.6. The maximum absolute atomic E-state index is 12.5. The van der Waals surface area contributed by atoms with Crippen LogP contribution in [0.25, 0.3) is 10.8 Å². The molecule has 140 valence electrons. The Hall–Kier alpha value is -2.97. The molecule has 0 unspecified atom stereocenters. The van der Waals surface area contributed by atoms with Gasteiger partial charge in [-0.3, -0.25) is 15.5 Å². The van der Waals surface area contributed by atoms with Crippen molar-refractivity contribution >= 4 is 33.9 Å². The van der Waals surface area contributed by atoms with Crippen LogP contribution in [-0.4, -0.2) is 33.9 Å². The standard InChI is InChI=1S/C19H19N3O4S/c1-2-15(11-25-17-10-16(26-22-17)19(27)21-24)20-18(23)14-8-7-12-5-3-4-6-13(12)9-14/h3-10,15,24H,2,11H2,1H3,(H,20,23)(H,21,27)/t15-/m0/s1. The second-order valence-corrected chi connectivity index (χ2v) is 6.33. The van der Waals surface area contributed by atoms with E-state index in [9.17, 15) is 4.79 Å². The maximum Gasteiger partial charge on any atom is 0.254 e. The zero-order valence-corrected chi connectivity index (χ0v) is 15.5. The first-order chi connectivity index (χ1) is 13.1. The topological polar surface area (TPSA) is 96.6 Å². The van der Waals surface area contributed by atoms with Crippen LogP contribution in [0.1, 0.15) is 29.5 Å². The van der Waals surface area contributed by atoms with Gasteiger partial charge in [-0.25, -0.2) is 0 Å². The third-order valence-corrected chi connectivity index (χ3v) is 4.38. The monoisotopic (exact) mass is 385 g/mol. The van der Waals surface area contributed by atoms with Crippen molar-refractivity contribution in [3.63, 3.8) is 0 Å². The number of hydroxylamine groups is 1. The van der Waals surface area contributed by atoms with Crippen molar-refractivity contribution in [1.82, 2.24) is 16.0 Å². The Labute approximate surface area is 161 Å². The molecule has 3 rings (SSSR count). The molecule has 1 atom stereocenters. The van der Waals surface area contributed by atoms with Gasteiger partial charge in [-0.1, -0.05) is 49.5 Å². The molecule has 0 fully saturated rings. The van der Waals surface area contributed by atoms with Gasteiger partial charge in [0.25, 0.3) is 11.8 Å². The number of carbonyl (C=O) groups excluding carboxylic acids is 1. The highest BCUT2D eigenvalue weighted by Crippen LogP contribution is 2.16. The van der Waals surface area contributed by atoms with Gasteiger partial charge < -0.3 is 14.6 Å². The number of carbonyl (C=O) groups is 1. The lowest BCUT2D eigenvalue weighted by Gasteiger charge is -2.17. The number of amides is 1. The number of hydrogen-bond acceptors (Lipinski definition) is 6. The quantitative estimate of drug-likeness (QED) is 0.425. The van der Waals surface area contributed by atoms with E-state index in [0.29, 0.717) is 12.0 Å². The molecule has 0 aliphatic heterocycles. The Morgan fingerprint density at radius 3 is 2.78 bits per heavy atom. The zero-order chi connectivity index (χ0) is 19.2. The largest absolute Gasteiger partial charge is 0.473 e. The summed E-state index contributed by atoms with van der Waals surface area (Å²) < 4.78 is 10.5. The highest BCUT2D eigenvalue weighted by atomic mass is 32.1. The molecule has 1 amide bonds. The van der Waals surface area contributed by atoms with Crippen LogP contribution in [0.3, 0.4) is 0 Å². The van der Waals surface area contributed by atoms with Crippen molar-refractivity contribution in [1.29, 1.82) is 0 Å². The molecule has 0 saturated heterocycles. The van der Waals surface area contributed by atoms with Crippen molar-refractivity contribution in [2.45, 2.75) is 19.4 Å². The summed E-state index contributed by atoms with van der Waals surface area (Å²) in [7, 11) is 0. The molecule has 0 spiro atoms. The molecule has 0 bridgehead atoms. The van der Waals surface area contributed by atoms with Crippen molar-refractivity contribution in [3.8, 4) is 5.88 Å². The summed E-state index contributed by atoms with van der Waals surface area (Å²) in [5.74, 6) is 0.249. The van der Waals surface area contributed by atoms with Crippen LogP contribution in [0.2, 0.25) is 0 Å². The lowest BCUT2D eigenvalue weighted by Crippen LogP contribution is -2.38. The third kappa shape index (κ3) is 4.60. The predicted molar refractivity (Wildman–Crippen MR) is 104 cm³/mol. The van der Waals surface area contributed by atoms with E-state index in [4.69, 9.17) is 26.7 Å². The summed E-state index contributed by atoms with van der Waals surface area (Å²) in [6, 6.07) is 14.7. The molecule has 2 aromatic carbocycles. The Bertz CT molecular complexity index is 957. The first-order valence-electron chi connectivity index (χ1n) is 8.44. The fraction of sp³-hybridized carbons (Fsp3) is 0.211. The number of ether oxygens (including phenoxy) is 1. The van der Waals surface area contributed by atoms with E-state index in [0.717, 1.165) is 10.8 Å². The van der Waals surface area contributed by atoms with Gasteiger partial charge in [0.15, 0.2) is 10.7 Å². The van der Waals surface area contributed by atoms with E-state index in [1.165, 1.54) is 6.07 Å². The fourth-order valence-electron chi connectivity index (χ4n) is 2.54. The third-order valence-electron chi connectivity index (χ3n) is 4.09. The van der Waals surface area contributed by atoms with Gasteiger partial charge in [0.1, 0.15) is 6.61 Å². The summed E-state index contributed by atoms with van der Waals surface area (Å²) >= 11 is 4.83. The molecule has 3 aromatic rings. The minimum Gasteiger partial charge on any atom is -0.473 e. The van der Waals surface area contributed by atoms with E-state index in [1.54, 1.807) is 6.07 Å². The molecule has 3 N–H and O–H groups in total. The number of benzene rings is 2. The van der Waals surface area contributed by atoms with Gasteiger partial charge in [0.05, 0.1) is 12.1 Å². The number of fused-ring (bicyclic) bond motifs is 1. The van der Waals surface area contributed by atoms with Crippen LogP contribution in [0.4, 0.5) is 0 Å². The number of rotatable bonds is 7.